The number of ether oxygens (including phenoxy) is 1. The van der Waals surface area contributed by atoms with E-state index in [-0.39, 0.29) is 17.1 Å². The summed E-state index contributed by atoms with van der Waals surface area (Å²) in [5.41, 5.74) is 0.959. The van der Waals surface area contributed by atoms with Crippen molar-refractivity contribution in [3.63, 3.8) is 0 Å². The molecule has 0 amide bonds. The number of esters is 1. The molecular formula is C16H18O4. The van der Waals surface area contributed by atoms with E-state index in [1.54, 1.807) is 12.1 Å². The van der Waals surface area contributed by atoms with Crippen LogP contribution in [-0.2, 0) is 4.74 Å². The summed E-state index contributed by atoms with van der Waals surface area (Å²) in [6, 6.07) is 6.51. The van der Waals surface area contributed by atoms with Gasteiger partial charge in [0.2, 0.25) is 0 Å². The molecule has 0 unspecified atom stereocenters. The molecule has 0 heterocycles. The van der Waals surface area contributed by atoms with Crippen LogP contribution in [-0.4, -0.2) is 22.8 Å². The van der Waals surface area contributed by atoms with Crippen LogP contribution in [0, 0.1) is 6.92 Å². The van der Waals surface area contributed by atoms with Gasteiger partial charge in [-0.3, -0.25) is 0 Å². The lowest BCUT2D eigenvalue weighted by Crippen LogP contribution is -2.06. The molecule has 0 spiro atoms. The van der Waals surface area contributed by atoms with Crippen molar-refractivity contribution < 1.29 is 19.7 Å². The number of aromatic hydroxyl groups is 2. The van der Waals surface area contributed by atoms with Gasteiger partial charge in [-0.1, -0.05) is 31.0 Å². The first-order chi connectivity index (χ1) is 9.54. The van der Waals surface area contributed by atoms with Gasteiger partial charge in [-0.05, 0) is 25.5 Å². The summed E-state index contributed by atoms with van der Waals surface area (Å²) in [6.07, 6.45) is 1.69. The van der Waals surface area contributed by atoms with Crippen LogP contribution in [0.2, 0.25) is 0 Å². The van der Waals surface area contributed by atoms with Crippen LogP contribution in [0.25, 0.3) is 10.8 Å². The third-order valence-corrected chi connectivity index (χ3v) is 3.19. The van der Waals surface area contributed by atoms with Crippen LogP contribution >= 0.6 is 0 Å². The van der Waals surface area contributed by atoms with Crippen LogP contribution in [0.3, 0.4) is 0 Å². The average Bonchev–Trinajstić information content (AvgIpc) is 2.42. The molecule has 0 saturated heterocycles. The van der Waals surface area contributed by atoms with Crippen molar-refractivity contribution >= 4 is 16.7 Å². The Kier molecular flexibility index (Phi) is 4.13. The number of hydrogen-bond acceptors (Lipinski definition) is 4. The van der Waals surface area contributed by atoms with Gasteiger partial charge in [-0.2, -0.15) is 0 Å². The molecule has 0 saturated carbocycles. The highest BCUT2D eigenvalue weighted by atomic mass is 16.5. The Balaban J connectivity index is 2.42. The molecule has 0 radical (unpaired) electrons. The molecule has 4 nitrogen and oxygen atoms in total. The number of fused-ring (bicyclic) bond motifs is 1. The van der Waals surface area contributed by atoms with E-state index in [9.17, 15) is 15.0 Å². The van der Waals surface area contributed by atoms with E-state index in [0.717, 1.165) is 18.4 Å². The Labute approximate surface area is 117 Å². The van der Waals surface area contributed by atoms with Gasteiger partial charge >= 0.3 is 5.97 Å². The normalized spacial score (nSPS) is 10.7. The third kappa shape index (κ3) is 2.69. The topological polar surface area (TPSA) is 66.8 Å². The summed E-state index contributed by atoms with van der Waals surface area (Å²) in [7, 11) is 0. The van der Waals surface area contributed by atoms with Crippen molar-refractivity contribution in [3.8, 4) is 11.5 Å². The SMILES string of the molecule is CCCCOC(=O)c1cc(O)c2cc(C)ccc2c1O. The molecule has 4 heteroatoms. The minimum atomic E-state index is -0.617. The lowest BCUT2D eigenvalue weighted by atomic mass is 10.0. The quantitative estimate of drug-likeness (QED) is 0.508. The number of benzene rings is 2. The van der Waals surface area contributed by atoms with Crippen LogP contribution in [0.15, 0.2) is 24.3 Å². The predicted molar refractivity (Wildman–Crippen MR) is 77.2 cm³/mol. The molecule has 0 aliphatic heterocycles. The molecular weight excluding hydrogens is 256 g/mol. The molecule has 2 aromatic carbocycles. The van der Waals surface area contributed by atoms with Crippen LogP contribution < -0.4 is 0 Å². The number of unbranched alkanes of at least 4 members (excludes halogenated alkanes) is 1. The molecule has 20 heavy (non-hydrogen) atoms. The summed E-state index contributed by atoms with van der Waals surface area (Å²) in [6.45, 7) is 4.19. The third-order valence-electron chi connectivity index (χ3n) is 3.19. The van der Waals surface area contributed by atoms with Gasteiger partial charge in [-0.15, -0.1) is 0 Å². The summed E-state index contributed by atoms with van der Waals surface area (Å²) >= 11 is 0. The fraction of sp³-hybridized carbons (Fsp3) is 0.312. The van der Waals surface area contributed by atoms with Gasteiger partial charge in [0.1, 0.15) is 17.1 Å². The second kappa shape index (κ2) is 5.82. The first-order valence-corrected chi connectivity index (χ1v) is 6.67. The fourth-order valence-electron chi connectivity index (χ4n) is 2.05. The van der Waals surface area contributed by atoms with Crippen molar-refractivity contribution in [2.75, 3.05) is 6.61 Å². The maximum Gasteiger partial charge on any atom is 0.342 e. The zero-order valence-electron chi connectivity index (χ0n) is 11.6. The number of phenolic OH excluding ortho intramolecular Hbond substituents is 2. The highest BCUT2D eigenvalue weighted by Gasteiger charge is 2.18. The Bertz CT molecular complexity index is 646. The predicted octanol–water partition coefficient (Wildman–Crippen LogP) is 3.52. The van der Waals surface area contributed by atoms with E-state index in [2.05, 4.69) is 0 Å². The van der Waals surface area contributed by atoms with Crippen molar-refractivity contribution in [3.05, 3.63) is 35.4 Å². The Morgan fingerprint density at radius 2 is 1.95 bits per heavy atom. The van der Waals surface area contributed by atoms with Crippen molar-refractivity contribution in [2.45, 2.75) is 26.7 Å². The van der Waals surface area contributed by atoms with Crippen LogP contribution in [0.5, 0.6) is 11.5 Å². The molecule has 0 fully saturated rings. The zero-order chi connectivity index (χ0) is 14.7. The Morgan fingerprint density at radius 3 is 2.65 bits per heavy atom. The number of carbonyl (C=O) groups excluding carboxylic acids is 1. The summed E-state index contributed by atoms with van der Waals surface area (Å²) < 4.78 is 5.07. The van der Waals surface area contributed by atoms with Crippen LogP contribution in [0.1, 0.15) is 35.7 Å². The van der Waals surface area contributed by atoms with Gasteiger partial charge in [0, 0.05) is 10.8 Å². The molecule has 2 N–H and O–H groups in total. The number of rotatable bonds is 4. The summed E-state index contributed by atoms with van der Waals surface area (Å²) in [4.78, 5) is 11.9. The van der Waals surface area contributed by atoms with E-state index in [1.807, 2.05) is 19.9 Å². The van der Waals surface area contributed by atoms with Gasteiger partial charge in [0.25, 0.3) is 0 Å². The van der Waals surface area contributed by atoms with E-state index >= 15 is 0 Å². The first kappa shape index (κ1) is 14.2. The van der Waals surface area contributed by atoms with E-state index in [0.29, 0.717) is 17.4 Å². The summed E-state index contributed by atoms with van der Waals surface area (Å²) in [5, 5.41) is 21.1. The smallest absolute Gasteiger partial charge is 0.342 e. The van der Waals surface area contributed by atoms with Crippen molar-refractivity contribution in [1.82, 2.24) is 0 Å². The van der Waals surface area contributed by atoms with E-state index in [1.165, 1.54) is 6.07 Å². The second-order valence-corrected chi connectivity index (χ2v) is 4.83. The number of phenols is 2. The minimum absolute atomic E-state index is 0.00467. The number of carbonyl (C=O) groups is 1. The Hall–Kier alpha value is -2.23. The second-order valence-electron chi connectivity index (χ2n) is 4.83. The first-order valence-electron chi connectivity index (χ1n) is 6.67. The molecule has 0 aliphatic rings. The average molecular weight is 274 g/mol. The summed E-state index contributed by atoms with van der Waals surface area (Å²) in [5.74, 6) is -0.808. The van der Waals surface area contributed by atoms with E-state index < -0.39 is 5.97 Å². The highest BCUT2D eigenvalue weighted by molar-refractivity contribution is 6.03. The molecule has 0 atom stereocenters. The molecule has 0 bridgehead atoms. The highest BCUT2D eigenvalue weighted by Crippen LogP contribution is 2.36. The number of aryl methyl sites for hydroxylation is 1. The lowest BCUT2D eigenvalue weighted by molar-refractivity contribution is 0.0496. The molecule has 106 valence electrons. The van der Waals surface area contributed by atoms with E-state index in [4.69, 9.17) is 4.74 Å². The van der Waals surface area contributed by atoms with Crippen molar-refractivity contribution in [2.24, 2.45) is 0 Å². The van der Waals surface area contributed by atoms with Crippen molar-refractivity contribution in [1.29, 1.82) is 0 Å². The number of hydrogen-bond donors (Lipinski definition) is 2. The largest absolute Gasteiger partial charge is 0.507 e. The molecule has 0 aromatic heterocycles. The maximum atomic E-state index is 11.9. The fourth-order valence-corrected chi connectivity index (χ4v) is 2.05. The van der Waals surface area contributed by atoms with Crippen LogP contribution in [0.4, 0.5) is 0 Å². The maximum absolute atomic E-state index is 11.9. The standard InChI is InChI=1S/C16H18O4/c1-3-4-7-20-16(19)13-9-14(17)12-8-10(2)5-6-11(12)15(13)18/h5-6,8-9,17-18H,3-4,7H2,1-2H3. The minimum Gasteiger partial charge on any atom is -0.507 e. The monoisotopic (exact) mass is 274 g/mol. The Morgan fingerprint density at radius 1 is 1.20 bits per heavy atom. The van der Waals surface area contributed by atoms with Gasteiger partial charge in [-0.25, -0.2) is 4.79 Å². The van der Waals surface area contributed by atoms with Gasteiger partial charge in [0.05, 0.1) is 6.61 Å². The van der Waals surface area contributed by atoms with Gasteiger partial charge < -0.3 is 14.9 Å². The van der Waals surface area contributed by atoms with Gasteiger partial charge in [0.15, 0.2) is 0 Å². The lowest BCUT2D eigenvalue weighted by Gasteiger charge is -2.10. The zero-order valence-corrected chi connectivity index (χ0v) is 11.6. The molecule has 0 aliphatic carbocycles. The molecule has 2 rings (SSSR count). The molecule has 2 aromatic rings.